The van der Waals surface area contributed by atoms with E-state index in [1.807, 2.05) is 13.0 Å². The molecule has 9 heteroatoms. The Morgan fingerprint density at radius 2 is 2.14 bits per heavy atom. The Kier molecular flexibility index (Phi) is 4.00. The molecule has 0 radical (unpaired) electrons. The van der Waals surface area contributed by atoms with Crippen molar-refractivity contribution in [3.63, 3.8) is 0 Å². The molecule has 3 aromatic rings. The molecule has 1 atom stereocenters. The molecular weight excluding hydrogens is 362 g/mol. The van der Waals surface area contributed by atoms with Gasteiger partial charge in [0.2, 0.25) is 12.7 Å². The van der Waals surface area contributed by atoms with Gasteiger partial charge in [0.25, 0.3) is 5.71 Å². The van der Waals surface area contributed by atoms with Crippen molar-refractivity contribution in [2.75, 3.05) is 30.1 Å². The van der Waals surface area contributed by atoms with E-state index in [0.717, 1.165) is 36.3 Å². The van der Waals surface area contributed by atoms with Crippen LogP contribution in [0.2, 0.25) is 0 Å². The molecular formula is C19H19N5O4. The van der Waals surface area contributed by atoms with Crippen LogP contribution in [0.1, 0.15) is 18.5 Å². The SMILES string of the molecule is Cc1noc2ncnc(N3CCCC(C(=O)Nc4ccc5c(c4)OCO5)C3)c12. The minimum Gasteiger partial charge on any atom is -0.454 e. The third-order valence-corrected chi connectivity index (χ3v) is 5.16. The number of nitrogens with zero attached hydrogens (tertiary/aromatic N) is 4. The first-order valence-corrected chi connectivity index (χ1v) is 9.21. The fourth-order valence-corrected chi connectivity index (χ4v) is 3.75. The van der Waals surface area contributed by atoms with Crippen LogP contribution in [0, 0.1) is 12.8 Å². The molecule has 1 unspecified atom stereocenters. The lowest BCUT2D eigenvalue weighted by Gasteiger charge is -2.33. The van der Waals surface area contributed by atoms with Gasteiger partial charge in [-0.05, 0) is 31.9 Å². The zero-order valence-electron chi connectivity index (χ0n) is 15.3. The summed E-state index contributed by atoms with van der Waals surface area (Å²) in [5, 5.41) is 7.78. The molecule has 2 aliphatic rings. The number of ether oxygens (including phenoxy) is 2. The van der Waals surface area contributed by atoms with Crippen LogP contribution in [0.3, 0.4) is 0 Å². The van der Waals surface area contributed by atoms with E-state index in [0.29, 0.717) is 29.4 Å². The van der Waals surface area contributed by atoms with E-state index < -0.39 is 0 Å². The maximum absolute atomic E-state index is 12.9. The third-order valence-electron chi connectivity index (χ3n) is 5.16. The molecule has 144 valence electrons. The predicted molar refractivity (Wildman–Crippen MR) is 100 cm³/mol. The Morgan fingerprint density at radius 1 is 1.25 bits per heavy atom. The lowest BCUT2D eigenvalue weighted by molar-refractivity contribution is -0.120. The van der Waals surface area contributed by atoms with Gasteiger partial charge in [-0.3, -0.25) is 4.79 Å². The molecule has 1 aromatic carbocycles. The number of aromatic nitrogens is 3. The number of fused-ring (bicyclic) bond motifs is 2. The Morgan fingerprint density at radius 3 is 3.07 bits per heavy atom. The van der Waals surface area contributed by atoms with Crippen molar-refractivity contribution >= 4 is 28.5 Å². The number of benzene rings is 1. The third kappa shape index (κ3) is 2.88. The van der Waals surface area contributed by atoms with Crippen molar-refractivity contribution in [2.45, 2.75) is 19.8 Å². The molecule has 0 aliphatic carbocycles. The number of hydrogen-bond donors (Lipinski definition) is 1. The first-order valence-electron chi connectivity index (χ1n) is 9.21. The molecule has 2 aliphatic heterocycles. The lowest BCUT2D eigenvalue weighted by atomic mass is 9.96. The van der Waals surface area contributed by atoms with Crippen molar-refractivity contribution in [2.24, 2.45) is 5.92 Å². The molecule has 1 fully saturated rings. The minimum absolute atomic E-state index is 0.0177. The van der Waals surface area contributed by atoms with Gasteiger partial charge in [0.05, 0.1) is 11.6 Å². The first kappa shape index (κ1) is 16.8. The first-order chi connectivity index (χ1) is 13.7. The highest BCUT2D eigenvalue weighted by molar-refractivity contribution is 5.94. The van der Waals surface area contributed by atoms with Gasteiger partial charge in [-0.25, -0.2) is 4.98 Å². The quantitative estimate of drug-likeness (QED) is 0.738. The second-order valence-electron chi connectivity index (χ2n) is 6.99. The van der Waals surface area contributed by atoms with Crippen LogP contribution in [0.4, 0.5) is 11.5 Å². The highest BCUT2D eigenvalue weighted by Gasteiger charge is 2.29. The number of carbonyl (C=O) groups is 1. The number of nitrogens with one attached hydrogen (secondary N) is 1. The van der Waals surface area contributed by atoms with Gasteiger partial charge in [-0.2, -0.15) is 4.98 Å². The maximum atomic E-state index is 12.9. The highest BCUT2D eigenvalue weighted by Crippen LogP contribution is 2.35. The molecule has 9 nitrogen and oxygen atoms in total. The van der Waals surface area contributed by atoms with E-state index in [1.165, 1.54) is 6.33 Å². The Labute approximate surface area is 160 Å². The summed E-state index contributed by atoms with van der Waals surface area (Å²) >= 11 is 0. The van der Waals surface area contributed by atoms with Gasteiger partial charge in [-0.15, -0.1) is 0 Å². The Hall–Kier alpha value is -3.36. The molecule has 1 saturated heterocycles. The van der Waals surface area contributed by atoms with Crippen LogP contribution >= 0.6 is 0 Å². The molecule has 28 heavy (non-hydrogen) atoms. The smallest absolute Gasteiger partial charge is 0.263 e. The van der Waals surface area contributed by atoms with E-state index in [1.54, 1.807) is 12.1 Å². The van der Waals surface area contributed by atoms with Crippen LogP contribution in [0.15, 0.2) is 29.0 Å². The van der Waals surface area contributed by atoms with E-state index in [4.69, 9.17) is 14.0 Å². The Balaban J connectivity index is 1.34. The van der Waals surface area contributed by atoms with Crippen molar-refractivity contribution in [1.29, 1.82) is 0 Å². The maximum Gasteiger partial charge on any atom is 0.263 e. The fraction of sp³-hybridized carbons (Fsp3) is 0.368. The van der Waals surface area contributed by atoms with E-state index >= 15 is 0 Å². The standard InChI is InChI=1S/C19H19N5O4/c1-11-16-17(20-9-21-19(16)28-23-11)24-6-2-3-12(8-24)18(25)22-13-4-5-14-15(7-13)27-10-26-14/h4-5,7,9,12H,2-3,6,8,10H2,1H3,(H,22,25). The van der Waals surface area contributed by atoms with Gasteiger partial charge in [-0.1, -0.05) is 5.16 Å². The summed E-state index contributed by atoms with van der Waals surface area (Å²) in [6.45, 7) is 3.48. The van der Waals surface area contributed by atoms with E-state index in [9.17, 15) is 4.79 Å². The van der Waals surface area contributed by atoms with Crippen molar-refractivity contribution in [1.82, 2.24) is 15.1 Å². The minimum atomic E-state index is -0.149. The van der Waals surface area contributed by atoms with Crippen molar-refractivity contribution in [3.8, 4) is 11.5 Å². The normalized spacial score (nSPS) is 18.5. The van der Waals surface area contributed by atoms with Gasteiger partial charge in [0, 0.05) is 24.8 Å². The highest BCUT2D eigenvalue weighted by atomic mass is 16.7. The summed E-state index contributed by atoms with van der Waals surface area (Å²) in [7, 11) is 0. The van der Waals surface area contributed by atoms with Gasteiger partial charge >= 0.3 is 0 Å². The second-order valence-corrected chi connectivity index (χ2v) is 6.99. The monoisotopic (exact) mass is 381 g/mol. The van der Waals surface area contributed by atoms with Crippen LogP contribution < -0.4 is 19.7 Å². The Bertz CT molecular complexity index is 1050. The van der Waals surface area contributed by atoms with Crippen LogP contribution in [0.5, 0.6) is 11.5 Å². The van der Waals surface area contributed by atoms with Crippen molar-refractivity contribution < 1.29 is 18.8 Å². The molecule has 1 N–H and O–H groups in total. The van der Waals surface area contributed by atoms with E-state index in [-0.39, 0.29) is 18.6 Å². The van der Waals surface area contributed by atoms with Gasteiger partial charge in [0.15, 0.2) is 11.5 Å². The largest absolute Gasteiger partial charge is 0.454 e. The molecule has 4 heterocycles. The molecule has 2 aromatic heterocycles. The van der Waals surface area contributed by atoms with Crippen LogP contribution in [-0.2, 0) is 4.79 Å². The molecule has 5 rings (SSSR count). The number of amides is 1. The average molecular weight is 381 g/mol. The topological polar surface area (TPSA) is 103 Å². The number of aryl methyl sites for hydroxylation is 1. The zero-order valence-corrected chi connectivity index (χ0v) is 15.3. The number of piperidine rings is 1. The number of rotatable bonds is 3. The summed E-state index contributed by atoms with van der Waals surface area (Å²) in [6, 6.07) is 5.41. The van der Waals surface area contributed by atoms with Crippen LogP contribution in [-0.4, -0.2) is 40.9 Å². The van der Waals surface area contributed by atoms with Gasteiger partial charge < -0.3 is 24.2 Å². The molecule has 0 spiro atoms. The predicted octanol–water partition coefficient (Wildman–Crippen LogP) is 2.51. The summed E-state index contributed by atoms with van der Waals surface area (Å²) in [5.41, 5.74) is 1.91. The number of anilines is 2. The van der Waals surface area contributed by atoms with E-state index in [2.05, 4.69) is 25.3 Å². The molecule has 1 amide bonds. The summed E-state index contributed by atoms with van der Waals surface area (Å²) in [5.74, 6) is 1.94. The summed E-state index contributed by atoms with van der Waals surface area (Å²) in [4.78, 5) is 23.5. The summed E-state index contributed by atoms with van der Waals surface area (Å²) in [6.07, 6.45) is 3.19. The number of carbonyl (C=O) groups excluding carboxylic acids is 1. The zero-order chi connectivity index (χ0) is 19.1. The molecule has 0 saturated carbocycles. The summed E-state index contributed by atoms with van der Waals surface area (Å²) < 4.78 is 15.9. The van der Waals surface area contributed by atoms with Crippen LogP contribution in [0.25, 0.3) is 11.1 Å². The number of hydrogen-bond acceptors (Lipinski definition) is 8. The second kappa shape index (κ2) is 6.66. The average Bonchev–Trinajstić information content (AvgIpc) is 3.34. The molecule has 0 bridgehead atoms. The van der Waals surface area contributed by atoms with Crippen molar-refractivity contribution in [3.05, 3.63) is 30.2 Å². The lowest BCUT2D eigenvalue weighted by Crippen LogP contribution is -2.41. The fourth-order valence-electron chi connectivity index (χ4n) is 3.75. The van der Waals surface area contributed by atoms with Gasteiger partial charge in [0.1, 0.15) is 17.5 Å².